The van der Waals surface area contributed by atoms with E-state index in [9.17, 15) is 14.9 Å². The van der Waals surface area contributed by atoms with Gasteiger partial charge < -0.3 is 14.1 Å². The molecule has 0 saturated carbocycles. The van der Waals surface area contributed by atoms with Crippen LogP contribution in [-0.4, -0.2) is 28.8 Å². The third kappa shape index (κ3) is 5.03. The number of ether oxygens (including phenoxy) is 1. The van der Waals surface area contributed by atoms with Crippen LogP contribution in [0.4, 0.5) is 0 Å². The maximum absolute atomic E-state index is 12.7. The molecular formula is C25H25ClN2O5. The van der Waals surface area contributed by atoms with Gasteiger partial charge in [-0.05, 0) is 35.1 Å². The Morgan fingerprint density at radius 1 is 1.06 bits per heavy atom. The molecule has 33 heavy (non-hydrogen) atoms. The number of rotatable bonds is 8. The van der Waals surface area contributed by atoms with Crippen LogP contribution in [0, 0.1) is 15.5 Å². The van der Waals surface area contributed by atoms with E-state index in [1.165, 1.54) is 5.69 Å². The molecule has 8 heteroatoms. The summed E-state index contributed by atoms with van der Waals surface area (Å²) in [5.74, 6) is -0.457. The Hall–Kier alpha value is -3.32. The van der Waals surface area contributed by atoms with Crippen molar-refractivity contribution in [3.8, 4) is 22.3 Å². The fourth-order valence-corrected chi connectivity index (χ4v) is 4.64. The second kappa shape index (κ2) is 9.27. The number of carbonyl (C=O) groups excluding carboxylic acids is 1. The topological polar surface area (TPSA) is 83.6 Å². The van der Waals surface area contributed by atoms with Crippen molar-refractivity contribution >= 4 is 17.6 Å². The highest BCUT2D eigenvalue weighted by Gasteiger charge is 2.36. The normalized spacial score (nSPS) is 14.0. The smallest absolute Gasteiger partial charge is 0.311 e. The van der Waals surface area contributed by atoms with Crippen LogP contribution in [0.2, 0.25) is 5.02 Å². The standard InChI is InChI=1S/C25H25ClN2O5/c1-25(2)15-21-24(17-6-4-3-5-7-17)23(18-8-10-19(26)11-9-18)20(27(21)16-25)14-22(29)32-12-13-33-28(30)31/h3-11H,12-16H2,1-2H3. The summed E-state index contributed by atoms with van der Waals surface area (Å²) in [7, 11) is 0. The minimum atomic E-state index is -0.902. The van der Waals surface area contributed by atoms with E-state index in [0.717, 1.165) is 40.9 Å². The molecule has 0 aliphatic carbocycles. The van der Waals surface area contributed by atoms with Gasteiger partial charge in [0.2, 0.25) is 0 Å². The predicted octanol–water partition coefficient (Wildman–Crippen LogP) is 5.35. The molecule has 172 valence electrons. The second-order valence-corrected chi connectivity index (χ2v) is 9.33. The fraction of sp³-hybridized carbons (Fsp3) is 0.320. The molecule has 0 fully saturated rings. The van der Waals surface area contributed by atoms with Gasteiger partial charge in [0.1, 0.15) is 13.2 Å². The average Bonchev–Trinajstić information content (AvgIpc) is 3.23. The van der Waals surface area contributed by atoms with Crippen molar-refractivity contribution in [1.82, 2.24) is 4.57 Å². The van der Waals surface area contributed by atoms with Crippen molar-refractivity contribution < 1.29 is 19.5 Å². The maximum Gasteiger partial charge on any atom is 0.311 e. The zero-order valence-corrected chi connectivity index (χ0v) is 19.3. The number of nitrogens with zero attached hydrogens (tertiary/aromatic N) is 2. The lowest BCUT2D eigenvalue weighted by Crippen LogP contribution is -2.18. The number of esters is 1. The number of halogens is 1. The number of hydrogen-bond donors (Lipinski definition) is 0. The summed E-state index contributed by atoms with van der Waals surface area (Å²) >= 11 is 6.15. The summed E-state index contributed by atoms with van der Waals surface area (Å²) < 4.78 is 7.47. The molecule has 7 nitrogen and oxygen atoms in total. The molecule has 4 rings (SSSR count). The van der Waals surface area contributed by atoms with E-state index < -0.39 is 11.1 Å². The summed E-state index contributed by atoms with van der Waals surface area (Å²) in [5.41, 5.74) is 6.27. The number of hydrogen-bond acceptors (Lipinski definition) is 5. The third-order valence-electron chi connectivity index (χ3n) is 5.76. The first-order valence-corrected chi connectivity index (χ1v) is 11.1. The molecule has 2 heterocycles. The average molecular weight is 469 g/mol. The van der Waals surface area contributed by atoms with Crippen LogP contribution in [0.1, 0.15) is 25.2 Å². The lowest BCUT2D eigenvalue weighted by molar-refractivity contribution is -0.757. The van der Waals surface area contributed by atoms with E-state index in [2.05, 4.69) is 35.4 Å². The lowest BCUT2D eigenvalue weighted by atomic mass is 9.86. The van der Waals surface area contributed by atoms with Gasteiger partial charge in [-0.15, -0.1) is 10.1 Å². The molecule has 0 bridgehead atoms. The maximum atomic E-state index is 12.7. The van der Waals surface area contributed by atoms with Gasteiger partial charge >= 0.3 is 5.97 Å². The summed E-state index contributed by atoms with van der Waals surface area (Å²) in [6.45, 7) is 4.74. The van der Waals surface area contributed by atoms with Crippen molar-refractivity contribution in [3.05, 3.63) is 81.1 Å². The van der Waals surface area contributed by atoms with Crippen LogP contribution in [0.25, 0.3) is 22.3 Å². The van der Waals surface area contributed by atoms with Crippen molar-refractivity contribution in [2.75, 3.05) is 13.2 Å². The van der Waals surface area contributed by atoms with Gasteiger partial charge in [0.15, 0.2) is 0 Å². The summed E-state index contributed by atoms with van der Waals surface area (Å²) in [4.78, 5) is 27.3. The Morgan fingerprint density at radius 3 is 2.39 bits per heavy atom. The number of benzene rings is 2. The van der Waals surface area contributed by atoms with E-state index in [4.69, 9.17) is 16.3 Å². The van der Waals surface area contributed by atoms with E-state index in [0.29, 0.717) is 5.02 Å². The van der Waals surface area contributed by atoms with Gasteiger partial charge in [-0.2, -0.15) is 0 Å². The van der Waals surface area contributed by atoms with Crippen LogP contribution < -0.4 is 0 Å². The van der Waals surface area contributed by atoms with Gasteiger partial charge in [0.25, 0.3) is 5.09 Å². The summed E-state index contributed by atoms with van der Waals surface area (Å²) in [6, 6.07) is 17.8. The van der Waals surface area contributed by atoms with Crippen molar-refractivity contribution in [2.24, 2.45) is 5.41 Å². The van der Waals surface area contributed by atoms with E-state index in [1.54, 1.807) is 0 Å². The molecule has 0 saturated heterocycles. The van der Waals surface area contributed by atoms with Gasteiger partial charge in [-0.3, -0.25) is 4.79 Å². The Morgan fingerprint density at radius 2 is 1.73 bits per heavy atom. The Kier molecular flexibility index (Phi) is 6.42. The highest BCUT2D eigenvalue weighted by molar-refractivity contribution is 6.30. The molecular weight excluding hydrogens is 444 g/mol. The van der Waals surface area contributed by atoms with Crippen molar-refractivity contribution in [2.45, 2.75) is 33.2 Å². The van der Waals surface area contributed by atoms with E-state index >= 15 is 0 Å². The van der Waals surface area contributed by atoms with Gasteiger partial charge in [0.05, 0.1) is 6.42 Å². The Bertz CT molecular complexity index is 1170. The Labute approximate surface area is 197 Å². The first-order valence-electron chi connectivity index (χ1n) is 10.7. The largest absolute Gasteiger partial charge is 0.463 e. The molecule has 0 amide bonds. The monoisotopic (exact) mass is 468 g/mol. The predicted molar refractivity (Wildman–Crippen MR) is 125 cm³/mol. The van der Waals surface area contributed by atoms with E-state index in [-0.39, 0.29) is 25.0 Å². The second-order valence-electron chi connectivity index (χ2n) is 8.90. The minimum Gasteiger partial charge on any atom is -0.463 e. The SMILES string of the molecule is CC1(C)Cc2c(-c3ccccc3)c(-c3ccc(Cl)cc3)c(CC(=O)OCCO[N+](=O)[O-])n2C1. The quantitative estimate of drug-likeness (QED) is 0.192. The third-order valence-corrected chi connectivity index (χ3v) is 6.01. The minimum absolute atomic E-state index is 0.0480. The van der Waals surface area contributed by atoms with Crippen LogP contribution >= 0.6 is 11.6 Å². The number of carbonyl (C=O) groups is 1. The number of fused-ring (bicyclic) bond motifs is 1. The molecule has 1 aliphatic heterocycles. The zero-order valence-electron chi connectivity index (χ0n) is 18.5. The van der Waals surface area contributed by atoms with Crippen LogP contribution in [0.15, 0.2) is 54.6 Å². The van der Waals surface area contributed by atoms with Gasteiger partial charge in [-0.1, -0.05) is 67.9 Å². The fourth-order valence-electron chi connectivity index (χ4n) is 4.52. The van der Waals surface area contributed by atoms with Gasteiger partial charge in [-0.25, -0.2) is 0 Å². The molecule has 0 N–H and O–H groups in total. The van der Waals surface area contributed by atoms with E-state index in [1.807, 2.05) is 42.5 Å². The molecule has 1 aliphatic rings. The molecule has 3 aromatic rings. The summed E-state index contributed by atoms with van der Waals surface area (Å²) in [6.07, 6.45) is 0.926. The highest BCUT2D eigenvalue weighted by Crippen LogP contribution is 2.47. The van der Waals surface area contributed by atoms with Crippen LogP contribution in [0.3, 0.4) is 0 Å². The molecule has 2 aromatic carbocycles. The Balaban J connectivity index is 1.78. The molecule has 1 aromatic heterocycles. The molecule has 0 radical (unpaired) electrons. The highest BCUT2D eigenvalue weighted by atomic mass is 35.5. The van der Waals surface area contributed by atoms with Crippen LogP contribution in [0.5, 0.6) is 0 Å². The molecule has 0 atom stereocenters. The molecule has 0 unspecified atom stereocenters. The zero-order chi connectivity index (χ0) is 23.6. The first kappa shape index (κ1) is 22.9. The summed E-state index contributed by atoms with van der Waals surface area (Å²) in [5, 5.41) is 10.1. The number of aromatic nitrogens is 1. The van der Waals surface area contributed by atoms with Crippen molar-refractivity contribution in [1.29, 1.82) is 0 Å². The van der Waals surface area contributed by atoms with Crippen LogP contribution in [-0.2, 0) is 33.8 Å². The van der Waals surface area contributed by atoms with Gasteiger partial charge in [0, 0.05) is 34.1 Å². The molecule has 0 spiro atoms. The van der Waals surface area contributed by atoms with Crippen molar-refractivity contribution in [3.63, 3.8) is 0 Å². The first-order chi connectivity index (χ1) is 15.7. The lowest BCUT2D eigenvalue weighted by Gasteiger charge is -2.19.